The van der Waals surface area contributed by atoms with Gasteiger partial charge in [-0.1, -0.05) is 53.6 Å². The van der Waals surface area contributed by atoms with Crippen LogP contribution in [0.4, 0.5) is 5.82 Å². The van der Waals surface area contributed by atoms with Crippen LogP contribution in [0.3, 0.4) is 0 Å². The van der Waals surface area contributed by atoms with Gasteiger partial charge in [-0.2, -0.15) is 5.10 Å². The number of benzene rings is 1. The monoisotopic (exact) mass is 405 g/mol. The van der Waals surface area contributed by atoms with E-state index in [1.165, 1.54) is 0 Å². The molecule has 0 aliphatic heterocycles. The zero-order valence-corrected chi connectivity index (χ0v) is 15.7. The molecule has 27 heavy (non-hydrogen) atoms. The molecule has 2 aliphatic rings. The van der Waals surface area contributed by atoms with Crippen LogP contribution in [0.15, 0.2) is 42.6 Å². The minimum absolute atomic E-state index is 0.0555. The van der Waals surface area contributed by atoms with Crippen LogP contribution in [0, 0.1) is 23.7 Å². The Morgan fingerprint density at radius 1 is 1.15 bits per heavy atom. The number of hydrogen-bond acceptors (Lipinski definition) is 3. The molecule has 1 aromatic heterocycles. The molecule has 1 fully saturated rings. The van der Waals surface area contributed by atoms with Gasteiger partial charge in [-0.15, -0.1) is 0 Å². The molecular weight excluding hydrogens is 389 g/mol. The third-order valence-electron chi connectivity index (χ3n) is 5.30. The minimum atomic E-state index is -0.942. The van der Waals surface area contributed by atoms with E-state index >= 15 is 0 Å². The second kappa shape index (κ2) is 7.02. The van der Waals surface area contributed by atoms with Crippen LogP contribution >= 0.6 is 23.2 Å². The zero-order chi connectivity index (χ0) is 19.1. The Morgan fingerprint density at radius 3 is 2.56 bits per heavy atom. The first-order chi connectivity index (χ1) is 12.9. The topological polar surface area (TPSA) is 84.2 Å². The van der Waals surface area contributed by atoms with Crippen molar-refractivity contribution in [3.8, 4) is 0 Å². The number of nitrogens with one attached hydrogen (secondary N) is 1. The molecule has 1 amide bonds. The number of halogens is 2. The summed E-state index contributed by atoms with van der Waals surface area (Å²) in [6, 6.07) is 7.40. The van der Waals surface area contributed by atoms with Gasteiger partial charge in [-0.05, 0) is 29.9 Å². The van der Waals surface area contributed by atoms with E-state index in [4.69, 9.17) is 23.2 Å². The molecule has 1 saturated carbocycles. The number of allylic oxidation sites excluding steroid dienone is 2. The summed E-state index contributed by atoms with van der Waals surface area (Å²) in [5.41, 5.74) is 0.875. The summed E-state index contributed by atoms with van der Waals surface area (Å²) in [4.78, 5) is 24.3. The van der Waals surface area contributed by atoms with Crippen molar-refractivity contribution in [3.05, 3.63) is 58.2 Å². The fourth-order valence-corrected chi connectivity index (χ4v) is 4.47. The summed E-state index contributed by atoms with van der Waals surface area (Å²) in [6.07, 6.45) is 6.14. The highest BCUT2D eigenvalue weighted by Gasteiger charge is 2.51. The van der Waals surface area contributed by atoms with Crippen molar-refractivity contribution in [2.75, 3.05) is 5.32 Å². The number of carboxylic acid groups (broad SMARTS) is 1. The molecule has 1 heterocycles. The van der Waals surface area contributed by atoms with Crippen LogP contribution in [0.2, 0.25) is 10.0 Å². The number of aliphatic carboxylic acids is 1. The number of fused-ring (bicyclic) bond motifs is 2. The molecule has 4 rings (SSSR count). The van der Waals surface area contributed by atoms with Gasteiger partial charge in [0.2, 0.25) is 5.91 Å². The normalized spacial score (nSPS) is 25.7. The molecule has 2 aliphatic carbocycles. The van der Waals surface area contributed by atoms with Gasteiger partial charge in [0.25, 0.3) is 0 Å². The quantitative estimate of drug-likeness (QED) is 0.742. The van der Waals surface area contributed by atoms with Crippen molar-refractivity contribution in [1.29, 1.82) is 0 Å². The average Bonchev–Trinajstić information content (AvgIpc) is 3.32. The molecule has 0 spiro atoms. The highest BCUT2D eigenvalue weighted by Crippen LogP contribution is 2.48. The summed E-state index contributed by atoms with van der Waals surface area (Å²) in [5.74, 6) is -2.53. The Hall–Kier alpha value is -2.31. The maximum absolute atomic E-state index is 12.8. The van der Waals surface area contributed by atoms with E-state index in [2.05, 4.69) is 10.4 Å². The second-order valence-electron chi connectivity index (χ2n) is 6.94. The molecule has 2 N–H and O–H groups in total. The summed E-state index contributed by atoms with van der Waals surface area (Å²) in [5, 5.41) is 17.4. The lowest BCUT2D eigenvalue weighted by molar-refractivity contribution is -0.146. The molecule has 1 aromatic carbocycles. The summed E-state index contributed by atoms with van der Waals surface area (Å²) in [7, 11) is 0. The van der Waals surface area contributed by atoms with E-state index in [9.17, 15) is 14.7 Å². The van der Waals surface area contributed by atoms with Crippen LogP contribution in [0.25, 0.3) is 0 Å². The first-order valence-electron chi connectivity index (χ1n) is 8.62. The van der Waals surface area contributed by atoms with Gasteiger partial charge in [0.1, 0.15) is 5.02 Å². The predicted molar refractivity (Wildman–Crippen MR) is 102 cm³/mol. The number of rotatable bonds is 5. The van der Waals surface area contributed by atoms with Crippen LogP contribution < -0.4 is 5.32 Å². The lowest BCUT2D eigenvalue weighted by Crippen LogP contribution is -2.36. The summed E-state index contributed by atoms with van der Waals surface area (Å²) in [6.45, 7) is 0.407. The van der Waals surface area contributed by atoms with Crippen LogP contribution in [-0.2, 0) is 16.1 Å². The van der Waals surface area contributed by atoms with Gasteiger partial charge in [-0.25, -0.2) is 0 Å². The van der Waals surface area contributed by atoms with Crippen molar-refractivity contribution >= 4 is 40.9 Å². The van der Waals surface area contributed by atoms with Gasteiger partial charge >= 0.3 is 5.97 Å². The molecule has 4 atom stereocenters. The number of carbonyl (C=O) groups is 2. The van der Waals surface area contributed by atoms with Crippen molar-refractivity contribution in [1.82, 2.24) is 9.78 Å². The SMILES string of the molecule is O=C(O)[C@@H]1[C@@H](C(=O)Nc2nn(Cc3ccccc3Cl)cc2Cl)[C@H]2C=C[C@H]1C2. The van der Waals surface area contributed by atoms with Crippen molar-refractivity contribution in [3.63, 3.8) is 0 Å². The van der Waals surface area contributed by atoms with Crippen LogP contribution in [-0.4, -0.2) is 26.8 Å². The van der Waals surface area contributed by atoms with E-state index in [0.717, 1.165) is 5.56 Å². The third-order valence-corrected chi connectivity index (χ3v) is 5.94. The lowest BCUT2D eigenvalue weighted by atomic mass is 9.82. The highest BCUT2D eigenvalue weighted by atomic mass is 35.5. The largest absolute Gasteiger partial charge is 0.481 e. The van der Waals surface area contributed by atoms with Gasteiger partial charge in [0.15, 0.2) is 5.82 Å². The summed E-state index contributed by atoms with van der Waals surface area (Å²) < 4.78 is 1.59. The highest BCUT2D eigenvalue weighted by molar-refractivity contribution is 6.33. The number of aromatic nitrogens is 2. The first kappa shape index (κ1) is 18.1. The fourth-order valence-electron chi connectivity index (χ4n) is 4.08. The molecule has 2 aromatic rings. The Bertz CT molecular complexity index is 940. The van der Waals surface area contributed by atoms with E-state index in [-0.39, 0.29) is 23.6 Å². The van der Waals surface area contributed by atoms with Gasteiger partial charge in [0.05, 0.1) is 18.4 Å². The third kappa shape index (κ3) is 3.35. The number of anilines is 1. The lowest BCUT2D eigenvalue weighted by Gasteiger charge is -2.23. The van der Waals surface area contributed by atoms with Gasteiger partial charge in [0, 0.05) is 11.2 Å². The standard InChI is InChI=1S/C19H17Cl2N3O3/c20-13-4-2-1-3-12(13)8-24-9-14(21)17(23-24)22-18(25)15-10-5-6-11(7-10)16(15)19(26)27/h1-6,9-11,15-16H,7-8H2,(H,26,27)(H,22,23,25)/t10-,11-,15-,16-/m0/s1. The predicted octanol–water partition coefficient (Wildman–Crippen LogP) is 3.70. The van der Waals surface area contributed by atoms with Crippen molar-refractivity contribution in [2.24, 2.45) is 23.7 Å². The second-order valence-corrected chi connectivity index (χ2v) is 7.76. The van der Waals surface area contributed by atoms with Crippen molar-refractivity contribution in [2.45, 2.75) is 13.0 Å². The zero-order valence-electron chi connectivity index (χ0n) is 14.2. The smallest absolute Gasteiger partial charge is 0.307 e. The number of amides is 1. The van der Waals surface area contributed by atoms with E-state index in [0.29, 0.717) is 23.0 Å². The molecule has 0 unspecified atom stereocenters. The Kier molecular flexibility index (Phi) is 4.70. The molecule has 8 heteroatoms. The Morgan fingerprint density at radius 2 is 1.85 bits per heavy atom. The Balaban J connectivity index is 1.51. The fraction of sp³-hybridized carbons (Fsp3) is 0.316. The average molecular weight is 406 g/mol. The Labute approximate surface area is 165 Å². The molecule has 140 valence electrons. The van der Waals surface area contributed by atoms with Crippen molar-refractivity contribution < 1.29 is 14.7 Å². The summed E-state index contributed by atoms with van der Waals surface area (Å²) >= 11 is 12.4. The first-order valence-corrected chi connectivity index (χ1v) is 9.38. The number of carboxylic acids is 1. The molecule has 2 bridgehead atoms. The van der Waals surface area contributed by atoms with Crippen LogP contribution in [0.1, 0.15) is 12.0 Å². The van der Waals surface area contributed by atoms with Crippen LogP contribution in [0.5, 0.6) is 0 Å². The minimum Gasteiger partial charge on any atom is -0.481 e. The molecule has 6 nitrogen and oxygen atoms in total. The van der Waals surface area contributed by atoms with E-state index in [1.54, 1.807) is 16.9 Å². The van der Waals surface area contributed by atoms with E-state index in [1.807, 2.05) is 30.4 Å². The number of nitrogens with zero attached hydrogens (tertiary/aromatic N) is 2. The van der Waals surface area contributed by atoms with Gasteiger partial charge < -0.3 is 10.4 Å². The number of carbonyl (C=O) groups excluding carboxylic acids is 1. The molecule has 0 saturated heterocycles. The number of hydrogen-bond donors (Lipinski definition) is 2. The molecule has 0 radical (unpaired) electrons. The maximum atomic E-state index is 12.8. The maximum Gasteiger partial charge on any atom is 0.307 e. The van der Waals surface area contributed by atoms with Gasteiger partial charge in [-0.3, -0.25) is 14.3 Å². The molecular formula is C19H17Cl2N3O3. The van der Waals surface area contributed by atoms with E-state index < -0.39 is 17.8 Å².